The Labute approximate surface area is 117 Å². The van der Waals surface area contributed by atoms with E-state index in [4.69, 9.17) is 10.7 Å². The summed E-state index contributed by atoms with van der Waals surface area (Å²) < 4.78 is 22.3. The Kier molecular flexibility index (Phi) is 3.87. The molecule has 19 heavy (non-hydrogen) atoms. The molecular weight excluding hydrogens is 286 g/mol. The molecule has 1 fully saturated rings. The zero-order valence-electron chi connectivity index (χ0n) is 10.8. The molecule has 0 N–H and O–H groups in total. The van der Waals surface area contributed by atoms with E-state index in [2.05, 4.69) is 0 Å². The monoisotopic (exact) mass is 301 g/mol. The van der Waals surface area contributed by atoms with E-state index < -0.39 is 9.05 Å². The van der Waals surface area contributed by atoms with Crippen molar-refractivity contribution in [1.29, 1.82) is 0 Å². The van der Waals surface area contributed by atoms with Gasteiger partial charge in [-0.05, 0) is 37.5 Å². The minimum Gasteiger partial charge on any atom is -0.339 e. The van der Waals surface area contributed by atoms with Gasteiger partial charge in [-0.2, -0.15) is 0 Å². The van der Waals surface area contributed by atoms with E-state index in [1.54, 1.807) is 24.1 Å². The van der Waals surface area contributed by atoms with Crippen molar-refractivity contribution in [2.24, 2.45) is 5.92 Å². The van der Waals surface area contributed by atoms with E-state index in [1.165, 1.54) is 12.1 Å². The van der Waals surface area contributed by atoms with Crippen LogP contribution in [-0.2, 0) is 13.8 Å². The Hall–Kier alpha value is -1.07. The highest BCUT2D eigenvalue weighted by Crippen LogP contribution is 2.33. The first-order valence-electron chi connectivity index (χ1n) is 6.12. The third-order valence-electron chi connectivity index (χ3n) is 3.50. The summed E-state index contributed by atoms with van der Waals surface area (Å²) in [6, 6.07) is 6.22. The van der Waals surface area contributed by atoms with Gasteiger partial charge in [0.2, 0.25) is 5.91 Å². The third kappa shape index (κ3) is 3.28. The molecule has 1 aromatic carbocycles. The van der Waals surface area contributed by atoms with Gasteiger partial charge in [0.15, 0.2) is 0 Å². The van der Waals surface area contributed by atoms with Crippen molar-refractivity contribution >= 4 is 25.6 Å². The lowest BCUT2D eigenvalue weighted by molar-refractivity contribution is -0.133. The van der Waals surface area contributed by atoms with Crippen molar-refractivity contribution in [2.75, 3.05) is 7.05 Å². The zero-order valence-corrected chi connectivity index (χ0v) is 12.4. The number of amides is 1. The maximum atomic E-state index is 12.0. The number of carbonyl (C=O) groups is 1. The molecule has 1 aromatic rings. The number of carbonyl (C=O) groups excluding carboxylic acids is 1. The van der Waals surface area contributed by atoms with Gasteiger partial charge in [0, 0.05) is 23.6 Å². The summed E-state index contributed by atoms with van der Waals surface area (Å²) in [6.45, 7) is 1.92. The smallest absolute Gasteiger partial charge is 0.261 e. The Morgan fingerprint density at radius 2 is 1.84 bits per heavy atom. The first kappa shape index (κ1) is 14.3. The largest absolute Gasteiger partial charge is 0.339 e. The van der Waals surface area contributed by atoms with Crippen LogP contribution < -0.4 is 0 Å². The van der Waals surface area contributed by atoms with Crippen LogP contribution in [0.3, 0.4) is 0 Å². The summed E-state index contributed by atoms with van der Waals surface area (Å²) in [5.41, 5.74) is 0.889. The van der Waals surface area contributed by atoms with Gasteiger partial charge in [0.05, 0.1) is 10.9 Å². The second-order valence-corrected chi connectivity index (χ2v) is 7.47. The van der Waals surface area contributed by atoms with Crippen LogP contribution in [0.15, 0.2) is 29.2 Å². The molecule has 6 heteroatoms. The highest BCUT2D eigenvalue weighted by molar-refractivity contribution is 8.13. The lowest BCUT2D eigenvalue weighted by Crippen LogP contribution is -2.30. The molecule has 0 spiro atoms. The van der Waals surface area contributed by atoms with Crippen molar-refractivity contribution in [3.05, 3.63) is 29.8 Å². The normalized spacial score (nSPS) is 17.0. The molecule has 0 radical (unpaired) electrons. The number of hydrogen-bond acceptors (Lipinski definition) is 3. The minimum atomic E-state index is -3.69. The predicted octanol–water partition coefficient (Wildman–Crippen LogP) is 2.54. The van der Waals surface area contributed by atoms with Gasteiger partial charge < -0.3 is 4.90 Å². The lowest BCUT2D eigenvalue weighted by atomic mass is 10.1. The summed E-state index contributed by atoms with van der Waals surface area (Å²) in [5, 5.41) is 0. The standard InChI is InChI=1S/C13H16ClNO3S/c1-9(15(2)13(16)11-3-4-11)10-5-7-12(8-6-10)19(14,17)18/h5-9,11H,3-4H2,1-2H3. The van der Waals surface area contributed by atoms with E-state index in [1.807, 2.05) is 6.92 Å². The van der Waals surface area contributed by atoms with Crippen LogP contribution in [-0.4, -0.2) is 26.3 Å². The second kappa shape index (κ2) is 5.13. The highest BCUT2D eigenvalue weighted by atomic mass is 35.7. The second-order valence-electron chi connectivity index (χ2n) is 4.91. The van der Waals surface area contributed by atoms with Gasteiger partial charge >= 0.3 is 0 Å². The Bertz CT molecular complexity index is 578. The molecule has 0 bridgehead atoms. The molecule has 0 aliphatic heterocycles. The average molecular weight is 302 g/mol. The van der Waals surface area contributed by atoms with Crippen LogP contribution in [0.5, 0.6) is 0 Å². The van der Waals surface area contributed by atoms with Gasteiger partial charge in [0.1, 0.15) is 0 Å². The Balaban J connectivity index is 2.15. The summed E-state index contributed by atoms with van der Waals surface area (Å²) in [6.07, 6.45) is 1.94. The molecule has 1 aliphatic carbocycles. The summed E-state index contributed by atoms with van der Waals surface area (Å²) >= 11 is 0. The topological polar surface area (TPSA) is 54.5 Å². The van der Waals surface area contributed by atoms with E-state index in [0.29, 0.717) is 0 Å². The summed E-state index contributed by atoms with van der Waals surface area (Å²) in [7, 11) is 3.34. The van der Waals surface area contributed by atoms with Gasteiger partial charge in [0.25, 0.3) is 9.05 Å². The van der Waals surface area contributed by atoms with E-state index in [9.17, 15) is 13.2 Å². The van der Waals surface area contributed by atoms with Crippen LogP contribution in [0.25, 0.3) is 0 Å². The molecule has 0 aromatic heterocycles. The maximum absolute atomic E-state index is 12.0. The molecule has 1 amide bonds. The maximum Gasteiger partial charge on any atom is 0.261 e. The van der Waals surface area contributed by atoms with E-state index in [0.717, 1.165) is 18.4 Å². The lowest BCUT2D eigenvalue weighted by Gasteiger charge is -2.25. The zero-order chi connectivity index (χ0) is 14.2. The van der Waals surface area contributed by atoms with Crippen molar-refractivity contribution < 1.29 is 13.2 Å². The van der Waals surface area contributed by atoms with Crippen molar-refractivity contribution in [3.8, 4) is 0 Å². The van der Waals surface area contributed by atoms with Gasteiger partial charge in [-0.1, -0.05) is 12.1 Å². The first-order valence-corrected chi connectivity index (χ1v) is 8.43. The fourth-order valence-electron chi connectivity index (χ4n) is 1.94. The van der Waals surface area contributed by atoms with Crippen LogP contribution in [0.1, 0.15) is 31.4 Å². The Morgan fingerprint density at radius 1 is 1.32 bits per heavy atom. The highest BCUT2D eigenvalue weighted by Gasteiger charge is 2.33. The number of halogens is 1. The van der Waals surface area contributed by atoms with E-state index >= 15 is 0 Å². The van der Waals surface area contributed by atoms with Gasteiger partial charge in [-0.25, -0.2) is 8.42 Å². The van der Waals surface area contributed by atoms with Crippen LogP contribution in [0.4, 0.5) is 0 Å². The quantitative estimate of drug-likeness (QED) is 0.803. The van der Waals surface area contributed by atoms with Crippen LogP contribution >= 0.6 is 10.7 Å². The van der Waals surface area contributed by atoms with Gasteiger partial charge in [-0.3, -0.25) is 4.79 Å². The SMILES string of the molecule is CC(c1ccc(S(=O)(=O)Cl)cc1)N(C)C(=O)C1CC1. The Morgan fingerprint density at radius 3 is 2.26 bits per heavy atom. The molecule has 1 saturated carbocycles. The fraction of sp³-hybridized carbons (Fsp3) is 0.462. The number of hydrogen-bond donors (Lipinski definition) is 0. The number of benzene rings is 1. The molecule has 0 saturated heterocycles. The van der Waals surface area contributed by atoms with Crippen LogP contribution in [0.2, 0.25) is 0 Å². The molecule has 1 unspecified atom stereocenters. The first-order chi connectivity index (χ1) is 8.80. The molecule has 4 nitrogen and oxygen atoms in total. The molecule has 1 aliphatic rings. The number of nitrogens with zero attached hydrogens (tertiary/aromatic N) is 1. The summed E-state index contributed by atoms with van der Waals surface area (Å²) in [5.74, 6) is 0.330. The molecule has 2 rings (SSSR count). The van der Waals surface area contributed by atoms with E-state index in [-0.39, 0.29) is 22.8 Å². The van der Waals surface area contributed by atoms with Crippen LogP contribution in [0, 0.1) is 5.92 Å². The molecule has 104 valence electrons. The molecular formula is C13H16ClNO3S. The fourth-order valence-corrected chi connectivity index (χ4v) is 2.71. The summed E-state index contributed by atoms with van der Waals surface area (Å²) in [4.78, 5) is 13.7. The van der Waals surface area contributed by atoms with Gasteiger partial charge in [-0.15, -0.1) is 0 Å². The number of rotatable bonds is 4. The minimum absolute atomic E-state index is 0.0706. The van der Waals surface area contributed by atoms with Crippen molar-refractivity contribution in [1.82, 2.24) is 4.90 Å². The predicted molar refractivity (Wildman–Crippen MR) is 73.4 cm³/mol. The van der Waals surface area contributed by atoms with Crippen molar-refractivity contribution in [3.63, 3.8) is 0 Å². The molecule has 0 heterocycles. The molecule has 1 atom stereocenters. The third-order valence-corrected chi connectivity index (χ3v) is 4.87. The average Bonchev–Trinajstić information content (AvgIpc) is 3.19. The van der Waals surface area contributed by atoms with Crippen molar-refractivity contribution in [2.45, 2.75) is 30.7 Å².